The molecule has 17 heavy (non-hydrogen) atoms. The molecule has 0 saturated carbocycles. The summed E-state index contributed by atoms with van der Waals surface area (Å²) >= 11 is 1.72. The maximum Gasteiger partial charge on any atom is 0.0931 e. The highest BCUT2D eigenvalue weighted by atomic mass is 32.1. The van der Waals surface area contributed by atoms with Gasteiger partial charge in [-0.2, -0.15) is 0 Å². The zero-order chi connectivity index (χ0) is 12.3. The molecule has 0 aliphatic carbocycles. The topological polar surface area (TPSA) is 38.9 Å². The molecular weight excluding hydrogens is 228 g/mol. The highest BCUT2D eigenvalue weighted by Gasteiger charge is 2.16. The first-order chi connectivity index (χ1) is 8.16. The van der Waals surface area contributed by atoms with E-state index in [1.54, 1.807) is 11.3 Å². The van der Waals surface area contributed by atoms with E-state index >= 15 is 0 Å². The number of hydrogen-bond acceptors (Lipinski definition) is 3. The minimum absolute atomic E-state index is 0.0837. The fourth-order valence-corrected chi connectivity index (χ4v) is 2.82. The zero-order valence-electron chi connectivity index (χ0n) is 10.3. The van der Waals surface area contributed by atoms with Crippen LogP contribution < -0.4 is 5.73 Å². The maximum atomic E-state index is 6.27. The molecule has 0 aliphatic rings. The van der Waals surface area contributed by atoms with Gasteiger partial charge in [-0.3, -0.25) is 0 Å². The maximum absolute atomic E-state index is 6.27. The Morgan fingerprint density at radius 3 is 2.59 bits per heavy atom. The quantitative estimate of drug-likeness (QED) is 0.898. The minimum atomic E-state index is 0.0837. The Kier molecular flexibility index (Phi) is 3.92. The Hall–Kier alpha value is -1.19. The Morgan fingerprint density at radius 1 is 1.29 bits per heavy atom. The summed E-state index contributed by atoms with van der Waals surface area (Å²) in [4.78, 5) is 4.49. The molecule has 2 rings (SSSR count). The predicted octanol–water partition coefficient (Wildman–Crippen LogP) is 3.33. The van der Waals surface area contributed by atoms with Crippen molar-refractivity contribution in [1.29, 1.82) is 0 Å². The highest BCUT2D eigenvalue weighted by Crippen LogP contribution is 2.23. The van der Waals surface area contributed by atoms with Gasteiger partial charge in [0.2, 0.25) is 0 Å². The van der Waals surface area contributed by atoms with E-state index in [9.17, 15) is 0 Å². The van der Waals surface area contributed by atoms with Crippen LogP contribution in [0.4, 0.5) is 0 Å². The average molecular weight is 246 g/mol. The number of aromatic nitrogens is 1. The van der Waals surface area contributed by atoms with Crippen LogP contribution in [0.3, 0.4) is 0 Å². The molecule has 0 saturated heterocycles. The van der Waals surface area contributed by atoms with Crippen molar-refractivity contribution in [1.82, 2.24) is 4.98 Å². The van der Waals surface area contributed by atoms with E-state index in [1.165, 1.54) is 10.6 Å². The molecule has 2 nitrogen and oxygen atoms in total. The molecule has 0 amide bonds. The number of rotatable bonds is 4. The Morgan fingerprint density at radius 2 is 2.00 bits per heavy atom. The number of thiazole rings is 1. The van der Waals surface area contributed by atoms with Crippen LogP contribution >= 0.6 is 11.3 Å². The molecule has 2 aromatic rings. The third kappa shape index (κ3) is 3.14. The SMILES string of the molecule is Cc1csc(CC(C)C(N)c2ccccc2)n1. The monoisotopic (exact) mass is 246 g/mol. The highest BCUT2D eigenvalue weighted by molar-refractivity contribution is 7.09. The largest absolute Gasteiger partial charge is 0.324 e. The lowest BCUT2D eigenvalue weighted by Gasteiger charge is -2.19. The summed E-state index contributed by atoms with van der Waals surface area (Å²) in [6.07, 6.45) is 0.953. The van der Waals surface area contributed by atoms with E-state index in [4.69, 9.17) is 5.73 Å². The van der Waals surface area contributed by atoms with Crippen LogP contribution in [0.1, 0.15) is 29.2 Å². The van der Waals surface area contributed by atoms with Crippen LogP contribution in [-0.2, 0) is 6.42 Å². The van der Waals surface area contributed by atoms with Crippen molar-refractivity contribution >= 4 is 11.3 Å². The van der Waals surface area contributed by atoms with Crippen molar-refractivity contribution in [2.24, 2.45) is 11.7 Å². The lowest BCUT2D eigenvalue weighted by Crippen LogP contribution is -2.20. The summed E-state index contributed by atoms with van der Waals surface area (Å²) in [7, 11) is 0. The number of nitrogens with two attached hydrogens (primary N) is 1. The van der Waals surface area contributed by atoms with Crippen LogP contribution in [0, 0.1) is 12.8 Å². The van der Waals surface area contributed by atoms with Crippen LogP contribution in [0.15, 0.2) is 35.7 Å². The Bertz CT molecular complexity index is 464. The normalized spacial score (nSPS) is 14.5. The van der Waals surface area contributed by atoms with Gasteiger partial charge >= 0.3 is 0 Å². The average Bonchev–Trinajstić information content (AvgIpc) is 2.75. The molecular formula is C14H18N2S. The Labute approximate surface area is 107 Å². The van der Waals surface area contributed by atoms with Crippen molar-refractivity contribution in [3.63, 3.8) is 0 Å². The summed E-state index contributed by atoms with van der Waals surface area (Å²) in [5.74, 6) is 0.406. The molecule has 2 N–H and O–H groups in total. The van der Waals surface area contributed by atoms with Gasteiger partial charge in [-0.05, 0) is 18.4 Å². The summed E-state index contributed by atoms with van der Waals surface area (Å²) < 4.78 is 0. The van der Waals surface area contributed by atoms with E-state index < -0.39 is 0 Å². The molecule has 2 unspecified atom stereocenters. The molecule has 3 heteroatoms. The second-order valence-electron chi connectivity index (χ2n) is 4.50. The van der Waals surface area contributed by atoms with Crippen LogP contribution in [-0.4, -0.2) is 4.98 Å². The van der Waals surface area contributed by atoms with Gasteiger partial charge in [-0.25, -0.2) is 4.98 Å². The standard InChI is InChI=1S/C14H18N2S/c1-10(8-13-16-11(2)9-17-13)14(15)12-6-4-3-5-7-12/h3-7,9-10,14H,8,15H2,1-2H3. The predicted molar refractivity (Wildman–Crippen MR) is 73.1 cm³/mol. The van der Waals surface area contributed by atoms with Gasteiger partial charge in [0.25, 0.3) is 0 Å². The van der Waals surface area contributed by atoms with Gasteiger partial charge in [0, 0.05) is 23.5 Å². The third-order valence-electron chi connectivity index (χ3n) is 2.96. The molecule has 1 aromatic heterocycles. The van der Waals surface area contributed by atoms with E-state index in [-0.39, 0.29) is 6.04 Å². The molecule has 2 atom stereocenters. The fraction of sp³-hybridized carbons (Fsp3) is 0.357. The molecule has 1 aromatic carbocycles. The van der Waals surface area contributed by atoms with E-state index in [2.05, 4.69) is 29.4 Å². The second-order valence-corrected chi connectivity index (χ2v) is 5.44. The molecule has 90 valence electrons. The Balaban J connectivity index is 2.03. The summed E-state index contributed by atoms with van der Waals surface area (Å²) in [6.45, 7) is 4.22. The lowest BCUT2D eigenvalue weighted by molar-refractivity contribution is 0.467. The van der Waals surface area contributed by atoms with Crippen molar-refractivity contribution in [3.05, 3.63) is 52.0 Å². The van der Waals surface area contributed by atoms with Gasteiger partial charge < -0.3 is 5.73 Å². The molecule has 0 aliphatic heterocycles. The van der Waals surface area contributed by atoms with E-state index in [0.717, 1.165) is 12.1 Å². The number of aryl methyl sites for hydroxylation is 1. The molecule has 0 bridgehead atoms. The van der Waals surface area contributed by atoms with Crippen LogP contribution in [0.2, 0.25) is 0 Å². The van der Waals surface area contributed by atoms with Crippen LogP contribution in [0.5, 0.6) is 0 Å². The first-order valence-corrected chi connectivity index (χ1v) is 6.76. The van der Waals surface area contributed by atoms with Crippen LogP contribution in [0.25, 0.3) is 0 Å². The minimum Gasteiger partial charge on any atom is -0.324 e. The first-order valence-electron chi connectivity index (χ1n) is 5.88. The number of nitrogens with zero attached hydrogens (tertiary/aromatic N) is 1. The fourth-order valence-electron chi connectivity index (χ4n) is 1.90. The summed E-state index contributed by atoms with van der Waals surface area (Å²) in [6, 6.07) is 10.4. The second kappa shape index (κ2) is 5.43. The molecule has 0 fully saturated rings. The van der Waals surface area contributed by atoms with Crippen molar-refractivity contribution < 1.29 is 0 Å². The smallest absolute Gasteiger partial charge is 0.0931 e. The van der Waals surface area contributed by atoms with Gasteiger partial charge in [0.15, 0.2) is 0 Å². The first kappa shape index (κ1) is 12.3. The molecule has 0 spiro atoms. The van der Waals surface area contributed by atoms with Gasteiger partial charge in [0.05, 0.1) is 5.01 Å². The van der Waals surface area contributed by atoms with E-state index in [0.29, 0.717) is 5.92 Å². The lowest BCUT2D eigenvalue weighted by atomic mass is 9.93. The van der Waals surface area contributed by atoms with Gasteiger partial charge in [0.1, 0.15) is 0 Å². The number of benzene rings is 1. The third-order valence-corrected chi connectivity index (χ3v) is 3.95. The number of hydrogen-bond donors (Lipinski definition) is 1. The van der Waals surface area contributed by atoms with E-state index in [1.807, 2.05) is 25.1 Å². The van der Waals surface area contributed by atoms with Gasteiger partial charge in [-0.15, -0.1) is 11.3 Å². The summed E-state index contributed by atoms with van der Waals surface area (Å²) in [5.41, 5.74) is 8.57. The van der Waals surface area contributed by atoms with Gasteiger partial charge in [-0.1, -0.05) is 37.3 Å². The van der Waals surface area contributed by atoms with Crippen molar-refractivity contribution in [3.8, 4) is 0 Å². The zero-order valence-corrected chi connectivity index (χ0v) is 11.1. The molecule has 0 radical (unpaired) electrons. The van der Waals surface area contributed by atoms with Crippen molar-refractivity contribution in [2.75, 3.05) is 0 Å². The van der Waals surface area contributed by atoms with Crippen molar-refractivity contribution in [2.45, 2.75) is 26.3 Å². The summed E-state index contributed by atoms with van der Waals surface area (Å²) in [5, 5.41) is 3.28. The molecule has 1 heterocycles.